The number of rotatable bonds is 2. The monoisotopic (exact) mass is 167 g/mol. The van der Waals surface area contributed by atoms with Crippen LogP contribution in [0.1, 0.15) is 34.1 Å². The van der Waals surface area contributed by atoms with Gasteiger partial charge in [0.25, 0.3) is 0 Å². The molecular weight excluding hydrogens is 146 g/mol. The Morgan fingerprint density at radius 1 is 1.33 bits per heavy atom. The molecule has 0 bridgehead atoms. The highest BCUT2D eigenvalue weighted by molar-refractivity contribution is 5.15. The molecule has 2 aliphatic rings. The van der Waals surface area contributed by atoms with Gasteiger partial charge in [-0.1, -0.05) is 27.7 Å². The summed E-state index contributed by atoms with van der Waals surface area (Å²) >= 11 is 0. The molecule has 1 nitrogen and oxygen atoms in total. The Bertz CT molecular complexity index is 185. The van der Waals surface area contributed by atoms with Gasteiger partial charge in [0, 0.05) is 12.6 Å². The number of likely N-dealkylation sites (tertiary alicyclic amines) is 1. The summed E-state index contributed by atoms with van der Waals surface area (Å²) in [5, 5.41) is 0. The predicted octanol–water partition coefficient (Wildman–Crippen LogP) is 2.37. The van der Waals surface area contributed by atoms with E-state index in [0.717, 1.165) is 17.9 Å². The number of hydrogen-bond acceptors (Lipinski definition) is 1. The highest BCUT2D eigenvalue weighted by Gasteiger charge is 2.65. The molecule has 70 valence electrons. The van der Waals surface area contributed by atoms with Gasteiger partial charge in [-0.15, -0.1) is 0 Å². The predicted molar refractivity (Wildman–Crippen MR) is 52.1 cm³/mol. The highest BCUT2D eigenvalue weighted by Crippen LogP contribution is 2.65. The average Bonchev–Trinajstić information content (AvgIpc) is 2.50. The van der Waals surface area contributed by atoms with Gasteiger partial charge in [-0.05, 0) is 30.2 Å². The van der Waals surface area contributed by atoms with Crippen molar-refractivity contribution in [3.8, 4) is 0 Å². The first-order valence-corrected chi connectivity index (χ1v) is 5.37. The first kappa shape index (κ1) is 8.55. The third-order valence-corrected chi connectivity index (χ3v) is 4.28. The Balaban J connectivity index is 2.07. The van der Waals surface area contributed by atoms with Gasteiger partial charge in [-0.2, -0.15) is 0 Å². The maximum atomic E-state index is 2.67. The van der Waals surface area contributed by atoms with Crippen LogP contribution < -0.4 is 0 Å². The Hall–Kier alpha value is -0.0400. The normalized spacial score (nSPS) is 44.5. The molecule has 3 atom stereocenters. The fourth-order valence-corrected chi connectivity index (χ4v) is 3.39. The standard InChI is InChI=1S/C11H21N/c1-5-9-10-8(11(10,3)4)7-12(9)6-2/h8-10H,5-7H2,1-4H3/t8?,9-,10?/m1/s1. The largest absolute Gasteiger partial charge is 0.300 e. The van der Waals surface area contributed by atoms with Crippen LogP contribution in [0.3, 0.4) is 0 Å². The number of fused-ring (bicyclic) bond motifs is 1. The molecule has 0 N–H and O–H groups in total. The van der Waals surface area contributed by atoms with Gasteiger partial charge >= 0.3 is 0 Å². The SMILES string of the molecule is CC[C@@H]1C2C(CN1CC)C2(C)C. The molecule has 0 amide bonds. The number of nitrogens with zero attached hydrogens (tertiary/aromatic N) is 1. The molecule has 0 spiro atoms. The molecule has 0 aromatic carbocycles. The fraction of sp³-hybridized carbons (Fsp3) is 1.00. The van der Waals surface area contributed by atoms with E-state index in [2.05, 4.69) is 32.6 Å². The highest BCUT2D eigenvalue weighted by atomic mass is 15.2. The molecule has 0 aromatic heterocycles. The number of piperidine rings is 1. The molecule has 2 unspecified atom stereocenters. The fourth-order valence-electron chi connectivity index (χ4n) is 3.39. The molecule has 0 radical (unpaired) electrons. The van der Waals surface area contributed by atoms with Gasteiger partial charge in [0.2, 0.25) is 0 Å². The third-order valence-electron chi connectivity index (χ3n) is 4.28. The van der Waals surface area contributed by atoms with Crippen LogP contribution in [-0.4, -0.2) is 24.0 Å². The zero-order chi connectivity index (χ0) is 8.93. The van der Waals surface area contributed by atoms with Crippen LogP contribution in [0.4, 0.5) is 0 Å². The topological polar surface area (TPSA) is 3.24 Å². The van der Waals surface area contributed by atoms with Gasteiger partial charge < -0.3 is 4.90 Å². The lowest BCUT2D eigenvalue weighted by Crippen LogP contribution is -2.35. The van der Waals surface area contributed by atoms with Crippen molar-refractivity contribution in [1.29, 1.82) is 0 Å². The van der Waals surface area contributed by atoms with Crippen LogP contribution in [0.5, 0.6) is 0 Å². The van der Waals surface area contributed by atoms with Crippen molar-refractivity contribution in [3.05, 3.63) is 0 Å². The van der Waals surface area contributed by atoms with Crippen LogP contribution in [0.15, 0.2) is 0 Å². The third kappa shape index (κ3) is 0.891. The van der Waals surface area contributed by atoms with Crippen LogP contribution >= 0.6 is 0 Å². The Kier molecular flexibility index (Phi) is 1.76. The average molecular weight is 167 g/mol. The van der Waals surface area contributed by atoms with E-state index in [0.29, 0.717) is 5.41 Å². The summed E-state index contributed by atoms with van der Waals surface area (Å²) < 4.78 is 0. The first-order chi connectivity index (χ1) is 5.62. The van der Waals surface area contributed by atoms with Crippen LogP contribution in [0.25, 0.3) is 0 Å². The van der Waals surface area contributed by atoms with E-state index in [-0.39, 0.29) is 0 Å². The van der Waals surface area contributed by atoms with Crippen molar-refractivity contribution in [2.45, 2.75) is 40.2 Å². The maximum Gasteiger partial charge on any atom is 0.0129 e. The Labute approximate surface area is 76.1 Å². The molecule has 0 aromatic rings. The molecule has 2 rings (SSSR count). The lowest BCUT2D eigenvalue weighted by molar-refractivity contribution is 0.186. The van der Waals surface area contributed by atoms with Crippen LogP contribution in [0.2, 0.25) is 0 Å². The van der Waals surface area contributed by atoms with Gasteiger partial charge in [0.15, 0.2) is 0 Å². The molecule has 12 heavy (non-hydrogen) atoms. The van der Waals surface area contributed by atoms with Crippen molar-refractivity contribution >= 4 is 0 Å². The zero-order valence-corrected chi connectivity index (χ0v) is 8.80. The molecular formula is C11H21N. The van der Waals surface area contributed by atoms with E-state index in [9.17, 15) is 0 Å². The van der Waals surface area contributed by atoms with E-state index in [1.54, 1.807) is 0 Å². The van der Waals surface area contributed by atoms with E-state index in [1.165, 1.54) is 19.5 Å². The summed E-state index contributed by atoms with van der Waals surface area (Å²) in [5.74, 6) is 2.03. The molecule has 1 aliphatic heterocycles. The van der Waals surface area contributed by atoms with E-state index < -0.39 is 0 Å². The van der Waals surface area contributed by atoms with Crippen LogP contribution in [0, 0.1) is 17.3 Å². The summed E-state index contributed by atoms with van der Waals surface area (Å²) in [6, 6.07) is 0.898. The molecule has 2 fully saturated rings. The lowest BCUT2D eigenvalue weighted by Gasteiger charge is -2.28. The van der Waals surface area contributed by atoms with Gasteiger partial charge in [-0.3, -0.25) is 0 Å². The second kappa shape index (κ2) is 2.47. The minimum absolute atomic E-state index is 0.673. The van der Waals surface area contributed by atoms with Gasteiger partial charge in [-0.25, -0.2) is 0 Å². The van der Waals surface area contributed by atoms with E-state index in [4.69, 9.17) is 0 Å². The smallest absolute Gasteiger partial charge is 0.0129 e. The van der Waals surface area contributed by atoms with E-state index in [1.807, 2.05) is 0 Å². The summed E-state index contributed by atoms with van der Waals surface area (Å²) in [6.45, 7) is 12.1. The molecule has 1 heterocycles. The maximum absolute atomic E-state index is 2.67. The molecule has 1 saturated carbocycles. The van der Waals surface area contributed by atoms with Gasteiger partial charge in [0.1, 0.15) is 0 Å². The van der Waals surface area contributed by atoms with Crippen molar-refractivity contribution < 1.29 is 0 Å². The van der Waals surface area contributed by atoms with E-state index >= 15 is 0 Å². The number of hydrogen-bond donors (Lipinski definition) is 0. The minimum atomic E-state index is 0.673. The van der Waals surface area contributed by atoms with Crippen molar-refractivity contribution in [3.63, 3.8) is 0 Å². The molecule has 1 saturated heterocycles. The summed E-state index contributed by atoms with van der Waals surface area (Å²) in [4.78, 5) is 2.67. The summed E-state index contributed by atoms with van der Waals surface area (Å²) in [5.41, 5.74) is 0.673. The van der Waals surface area contributed by atoms with Crippen molar-refractivity contribution in [1.82, 2.24) is 4.90 Å². The lowest BCUT2D eigenvalue weighted by atomic mass is 10.00. The Morgan fingerprint density at radius 2 is 2.00 bits per heavy atom. The summed E-state index contributed by atoms with van der Waals surface area (Å²) in [6.07, 6.45) is 1.35. The second-order valence-electron chi connectivity index (χ2n) is 5.02. The molecule has 1 heteroatoms. The van der Waals surface area contributed by atoms with Crippen molar-refractivity contribution in [2.24, 2.45) is 17.3 Å². The molecule has 1 aliphatic carbocycles. The Morgan fingerprint density at radius 3 is 2.50 bits per heavy atom. The van der Waals surface area contributed by atoms with Crippen molar-refractivity contribution in [2.75, 3.05) is 13.1 Å². The van der Waals surface area contributed by atoms with Gasteiger partial charge in [0.05, 0.1) is 0 Å². The van der Waals surface area contributed by atoms with Crippen LogP contribution in [-0.2, 0) is 0 Å². The summed E-state index contributed by atoms with van der Waals surface area (Å²) in [7, 11) is 0. The second-order valence-corrected chi connectivity index (χ2v) is 5.02. The minimum Gasteiger partial charge on any atom is -0.300 e. The zero-order valence-electron chi connectivity index (χ0n) is 8.80. The quantitative estimate of drug-likeness (QED) is 0.610. The first-order valence-electron chi connectivity index (χ1n) is 5.37.